The second-order valence-electron chi connectivity index (χ2n) is 13.5. The van der Waals surface area contributed by atoms with Gasteiger partial charge in [0.05, 0.1) is 11.6 Å². The van der Waals surface area contributed by atoms with Crippen LogP contribution in [0.25, 0.3) is 78.3 Å². The zero-order chi connectivity index (χ0) is 34.5. The zero-order valence-corrected chi connectivity index (χ0v) is 28.2. The highest BCUT2D eigenvalue weighted by Crippen LogP contribution is 2.50. The summed E-state index contributed by atoms with van der Waals surface area (Å²) < 4.78 is 0. The van der Waals surface area contributed by atoms with Crippen molar-refractivity contribution in [3.8, 4) is 73.6 Å². The Morgan fingerprint density at radius 2 is 1.14 bits per heavy atom. The van der Waals surface area contributed by atoms with E-state index in [-0.39, 0.29) is 5.41 Å². The average molecular weight is 654 g/mol. The van der Waals surface area contributed by atoms with Gasteiger partial charge in [-0.25, -0.2) is 15.0 Å². The number of rotatable bonds is 5. The Morgan fingerprint density at radius 1 is 0.490 bits per heavy atom. The van der Waals surface area contributed by atoms with E-state index in [0.717, 1.165) is 49.7 Å². The highest BCUT2D eigenvalue weighted by atomic mass is 15.0. The number of aromatic nitrogens is 4. The maximum atomic E-state index is 9.63. The van der Waals surface area contributed by atoms with Crippen LogP contribution in [0.15, 0.2) is 152 Å². The van der Waals surface area contributed by atoms with Gasteiger partial charge in [-0.3, -0.25) is 4.98 Å². The van der Waals surface area contributed by atoms with E-state index < -0.39 is 0 Å². The molecule has 0 spiro atoms. The molecule has 240 valence electrons. The second-order valence-corrected chi connectivity index (χ2v) is 13.5. The summed E-state index contributed by atoms with van der Waals surface area (Å²) in [6.07, 6.45) is 3.68. The van der Waals surface area contributed by atoms with E-state index in [0.29, 0.717) is 23.0 Å². The summed E-state index contributed by atoms with van der Waals surface area (Å²) >= 11 is 0. The van der Waals surface area contributed by atoms with Crippen molar-refractivity contribution < 1.29 is 0 Å². The molecule has 0 fully saturated rings. The van der Waals surface area contributed by atoms with Gasteiger partial charge in [-0.1, -0.05) is 111 Å². The van der Waals surface area contributed by atoms with E-state index in [2.05, 4.69) is 110 Å². The number of pyridine rings is 1. The summed E-state index contributed by atoms with van der Waals surface area (Å²) in [5.41, 5.74) is 12.2. The minimum atomic E-state index is -0.260. The van der Waals surface area contributed by atoms with Crippen molar-refractivity contribution in [2.75, 3.05) is 0 Å². The molecule has 0 N–H and O–H groups in total. The first-order valence-corrected chi connectivity index (χ1v) is 17.0. The molecule has 6 aromatic carbocycles. The Kier molecular flexibility index (Phi) is 7.12. The molecule has 0 bridgehead atoms. The van der Waals surface area contributed by atoms with Gasteiger partial charge in [0, 0.05) is 40.1 Å². The summed E-state index contributed by atoms with van der Waals surface area (Å²) in [6, 6.07) is 50.3. The van der Waals surface area contributed by atoms with Gasteiger partial charge in [-0.15, -0.1) is 0 Å². The third-order valence-electron chi connectivity index (χ3n) is 10.0. The Labute approximate surface area is 296 Å². The monoisotopic (exact) mass is 653 g/mol. The first-order chi connectivity index (χ1) is 25.0. The van der Waals surface area contributed by atoms with Gasteiger partial charge in [-0.2, -0.15) is 5.26 Å². The fraction of sp³-hybridized carbons (Fsp3) is 0.0652. The second kappa shape index (κ2) is 12.0. The SMILES string of the molecule is CC1(C)c2cc(C#N)ccc2-c2ccc(-c3cc(-c4cccnc4)cc(-c4nc(-c5ccccc5)nc(-c5cccc6ccccc56)n4)c3)cc21. The van der Waals surface area contributed by atoms with Gasteiger partial charge in [0.25, 0.3) is 0 Å². The van der Waals surface area contributed by atoms with Gasteiger partial charge in [0.2, 0.25) is 0 Å². The summed E-state index contributed by atoms with van der Waals surface area (Å²) in [5, 5.41) is 11.8. The number of nitriles is 1. The van der Waals surface area contributed by atoms with Crippen LogP contribution in [0.3, 0.4) is 0 Å². The molecular weight excluding hydrogens is 623 g/mol. The van der Waals surface area contributed by atoms with Crippen LogP contribution in [0.2, 0.25) is 0 Å². The lowest BCUT2D eigenvalue weighted by Gasteiger charge is -2.22. The molecular formula is C46H31N5. The molecule has 5 heteroatoms. The minimum absolute atomic E-state index is 0.260. The van der Waals surface area contributed by atoms with Crippen LogP contribution < -0.4 is 0 Å². The molecule has 0 atom stereocenters. The van der Waals surface area contributed by atoms with Gasteiger partial charge in [0.1, 0.15) is 0 Å². The lowest BCUT2D eigenvalue weighted by Crippen LogP contribution is -2.15. The highest BCUT2D eigenvalue weighted by molar-refractivity contribution is 5.95. The predicted octanol–water partition coefficient (Wildman–Crippen LogP) is 10.9. The largest absolute Gasteiger partial charge is 0.264 e. The smallest absolute Gasteiger partial charge is 0.164 e. The normalized spacial score (nSPS) is 12.6. The van der Waals surface area contributed by atoms with E-state index >= 15 is 0 Å². The first kappa shape index (κ1) is 30.3. The van der Waals surface area contributed by atoms with Crippen LogP contribution >= 0.6 is 0 Å². The standard InChI is InChI=1S/C46H31N5/c1-46(2)41-22-29(27-47)17-19-38(41)39-20-18-32(26-42(39)46)34-23-35(33-14-9-21-48-28-33)25-36(24-34)44-49-43(31-11-4-3-5-12-31)50-45(51-44)40-16-8-13-30-10-6-7-15-37(30)40/h3-26,28H,1-2H3. The van der Waals surface area contributed by atoms with Crippen molar-refractivity contribution in [2.24, 2.45) is 0 Å². The molecule has 5 nitrogen and oxygen atoms in total. The molecule has 8 aromatic rings. The van der Waals surface area contributed by atoms with Crippen LogP contribution in [-0.4, -0.2) is 19.9 Å². The summed E-state index contributed by atoms with van der Waals surface area (Å²) in [5.74, 6) is 1.83. The molecule has 1 aliphatic rings. The Hall–Kier alpha value is -6.77. The van der Waals surface area contributed by atoms with E-state index in [9.17, 15) is 5.26 Å². The Morgan fingerprint density at radius 3 is 1.92 bits per heavy atom. The van der Waals surface area contributed by atoms with Crippen LogP contribution in [-0.2, 0) is 5.41 Å². The molecule has 1 aliphatic carbocycles. The zero-order valence-electron chi connectivity index (χ0n) is 28.2. The predicted molar refractivity (Wildman–Crippen MR) is 205 cm³/mol. The van der Waals surface area contributed by atoms with Crippen LogP contribution in [0.4, 0.5) is 0 Å². The lowest BCUT2D eigenvalue weighted by atomic mass is 9.81. The molecule has 2 aromatic heterocycles. The third-order valence-corrected chi connectivity index (χ3v) is 10.0. The summed E-state index contributed by atoms with van der Waals surface area (Å²) in [6.45, 7) is 4.48. The maximum absolute atomic E-state index is 9.63. The van der Waals surface area contributed by atoms with Crippen molar-refractivity contribution in [2.45, 2.75) is 19.3 Å². The van der Waals surface area contributed by atoms with Crippen LogP contribution in [0.1, 0.15) is 30.5 Å². The third kappa shape index (κ3) is 5.26. The van der Waals surface area contributed by atoms with Crippen LogP contribution in [0.5, 0.6) is 0 Å². The molecule has 0 aliphatic heterocycles. The lowest BCUT2D eigenvalue weighted by molar-refractivity contribution is 0.660. The number of nitrogens with zero attached hydrogens (tertiary/aromatic N) is 5. The summed E-state index contributed by atoms with van der Waals surface area (Å²) in [7, 11) is 0. The number of benzene rings is 6. The van der Waals surface area contributed by atoms with E-state index in [4.69, 9.17) is 15.0 Å². The van der Waals surface area contributed by atoms with Gasteiger partial charge in [-0.05, 0) is 92.2 Å². The van der Waals surface area contributed by atoms with Crippen molar-refractivity contribution >= 4 is 10.8 Å². The fourth-order valence-electron chi connectivity index (χ4n) is 7.37. The van der Waals surface area contributed by atoms with Crippen molar-refractivity contribution in [3.05, 3.63) is 169 Å². The minimum Gasteiger partial charge on any atom is -0.264 e. The van der Waals surface area contributed by atoms with Crippen molar-refractivity contribution in [3.63, 3.8) is 0 Å². The van der Waals surface area contributed by atoms with Crippen molar-refractivity contribution in [1.82, 2.24) is 19.9 Å². The highest BCUT2D eigenvalue weighted by Gasteiger charge is 2.36. The summed E-state index contributed by atoms with van der Waals surface area (Å²) in [4.78, 5) is 19.8. The van der Waals surface area contributed by atoms with Gasteiger partial charge >= 0.3 is 0 Å². The molecule has 0 unspecified atom stereocenters. The maximum Gasteiger partial charge on any atom is 0.164 e. The van der Waals surface area contributed by atoms with Crippen molar-refractivity contribution in [1.29, 1.82) is 5.26 Å². The number of fused-ring (bicyclic) bond motifs is 4. The Bertz CT molecular complexity index is 2670. The first-order valence-electron chi connectivity index (χ1n) is 17.0. The Balaban J connectivity index is 1.25. The molecule has 2 heterocycles. The van der Waals surface area contributed by atoms with Crippen LogP contribution in [0, 0.1) is 11.3 Å². The number of hydrogen-bond donors (Lipinski definition) is 0. The van der Waals surface area contributed by atoms with Gasteiger partial charge < -0.3 is 0 Å². The fourth-order valence-corrected chi connectivity index (χ4v) is 7.37. The van der Waals surface area contributed by atoms with E-state index in [1.807, 2.05) is 60.8 Å². The molecule has 9 rings (SSSR count). The molecule has 0 saturated carbocycles. The molecule has 51 heavy (non-hydrogen) atoms. The topological polar surface area (TPSA) is 75.3 Å². The molecule has 0 saturated heterocycles. The number of hydrogen-bond acceptors (Lipinski definition) is 5. The molecule has 0 amide bonds. The molecule has 0 radical (unpaired) electrons. The average Bonchev–Trinajstić information content (AvgIpc) is 3.42. The quantitative estimate of drug-likeness (QED) is 0.185. The van der Waals surface area contributed by atoms with Gasteiger partial charge in [0.15, 0.2) is 17.5 Å². The van der Waals surface area contributed by atoms with E-state index in [1.54, 1.807) is 6.20 Å². The van der Waals surface area contributed by atoms with E-state index in [1.165, 1.54) is 22.3 Å².